The van der Waals surface area contributed by atoms with Crippen molar-refractivity contribution in [1.82, 2.24) is 25.3 Å². The van der Waals surface area contributed by atoms with E-state index in [1.165, 1.54) is 12.8 Å². The number of likely N-dealkylation sites (N-methyl/N-ethyl adjacent to an activating group) is 1. The summed E-state index contributed by atoms with van der Waals surface area (Å²) in [6.07, 6.45) is 6.14. The van der Waals surface area contributed by atoms with E-state index in [0.29, 0.717) is 6.04 Å². The third kappa shape index (κ3) is 5.21. The number of hydrogen-bond donors (Lipinski definition) is 3. The summed E-state index contributed by atoms with van der Waals surface area (Å²) in [5.74, 6) is 1.53. The van der Waals surface area contributed by atoms with E-state index in [1.807, 2.05) is 20.2 Å². The van der Waals surface area contributed by atoms with Gasteiger partial charge in [0.15, 0.2) is 5.96 Å². The zero-order valence-corrected chi connectivity index (χ0v) is 15.6. The first-order valence-electron chi connectivity index (χ1n) is 8.73. The largest absolute Gasteiger partial charge is 0.383 e. The smallest absolute Gasteiger partial charge is 0.191 e. The van der Waals surface area contributed by atoms with Crippen molar-refractivity contribution >= 4 is 5.96 Å². The monoisotopic (exact) mass is 336 g/mol. The molecule has 1 aromatic heterocycles. The van der Waals surface area contributed by atoms with E-state index in [0.717, 1.165) is 30.5 Å². The highest BCUT2D eigenvalue weighted by Gasteiger charge is 2.32. The Labute approximate surface area is 145 Å². The van der Waals surface area contributed by atoms with E-state index < -0.39 is 5.60 Å². The summed E-state index contributed by atoms with van der Waals surface area (Å²) in [4.78, 5) is 6.85. The van der Waals surface area contributed by atoms with Crippen molar-refractivity contribution in [3.05, 3.63) is 18.0 Å². The second kappa shape index (κ2) is 7.98. The summed E-state index contributed by atoms with van der Waals surface area (Å²) in [6, 6.07) is 0.521. The number of aromatic nitrogens is 2. The van der Waals surface area contributed by atoms with Crippen LogP contribution in [-0.4, -0.2) is 65.5 Å². The molecule has 1 fully saturated rings. The molecule has 2 atom stereocenters. The Morgan fingerprint density at radius 2 is 2.21 bits per heavy atom. The van der Waals surface area contributed by atoms with Crippen molar-refractivity contribution in [2.75, 3.05) is 33.7 Å². The quantitative estimate of drug-likeness (QED) is 0.477. The second-order valence-corrected chi connectivity index (χ2v) is 7.12. The van der Waals surface area contributed by atoms with E-state index in [-0.39, 0.29) is 6.54 Å². The highest BCUT2D eigenvalue weighted by molar-refractivity contribution is 5.79. The Morgan fingerprint density at radius 3 is 2.71 bits per heavy atom. The minimum Gasteiger partial charge on any atom is -0.383 e. The Hall–Kier alpha value is -1.60. The molecule has 0 bridgehead atoms. The summed E-state index contributed by atoms with van der Waals surface area (Å²) < 4.78 is 1.69. The molecule has 7 nitrogen and oxygen atoms in total. The van der Waals surface area contributed by atoms with Crippen LogP contribution in [-0.2, 0) is 12.6 Å². The molecule has 0 spiro atoms. The van der Waals surface area contributed by atoms with E-state index in [1.54, 1.807) is 17.8 Å². The Kier molecular flexibility index (Phi) is 6.23. The van der Waals surface area contributed by atoms with Gasteiger partial charge in [-0.15, -0.1) is 0 Å². The van der Waals surface area contributed by atoms with E-state index in [9.17, 15) is 5.11 Å². The predicted octanol–water partition coefficient (Wildman–Crippen LogP) is 0.523. The van der Waals surface area contributed by atoms with Crippen LogP contribution in [0.25, 0.3) is 0 Å². The van der Waals surface area contributed by atoms with Gasteiger partial charge in [-0.05, 0) is 46.7 Å². The van der Waals surface area contributed by atoms with Gasteiger partial charge in [-0.1, -0.05) is 0 Å². The average molecular weight is 336 g/mol. The van der Waals surface area contributed by atoms with Gasteiger partial charge in [0.05, 0.1) is 12.7 Å². The fourth-order valence-electron chi connectivity index (χ4n) is 2.82. The van der Waals surface area contributed by atoms with Crippen LogP contribution in [0.1, 0.15) is 32.3 Å². The molecule has 2 rings (SSSR count). The molecule has 136 valence electrons. The van der Waals surface area contributed by atoms with Crippen molar-refractivity contribution in [2.45, 2.75) is 38.3 Å². The number of nitrogens with one attached hydrogen (secondary N) is 2. The number of nitrogens with zero attached hydrogens (tertiary/aromatic N) is 4. The molecule has 2 unspecified atom stereocenters. The lowest BCUT2D eigenvalue weighted by Gasteiger charge is -2.26. The topological polar surface area (TPSA) is 77.7 Å². The first kappa shape index (κ1) is 18.7. The molecule has 1 heterocycles. The molecule has 0 saturated heterocycles. The van der Waals surface area contributed by atoms with Gasteiger partial charge in [0.2, 0.25) is 0 Å². The van der Waals surface area contributed by atoms with Gasteiger partial charge in [-0.3, -0.25) is 4.68 Å². The molecule has 0 amide bonds. The number of aryl methyl sites for hydroxylation is 1. The fourth-order valence-corrected chi connectivity index (χ4v) is 2.82. The minimum absolute atomic E-state index is 0.282. The minimum atomic E-state index is -1.03. The lowest BCUT2D eigenvalue weighted by Crippen LogP contribution is -2.46. The standard InChI is InChI=1S/C17H32N6O/c1-6-18-16(19-10-15(22(3)4)13-7-8-13)20-12-17(2,24)14-9-21-23(5)11-14/h9,11,13,15,24H,6-8,10,12H2,1-5H3,(H2,18,19,20). The summed E-state index contributed by atoms with van der Waals surface area (Å²) in [6.45, 7) is 5.74. The highest BCUT2D eigenvalue weighted by Crippen LogP contribution is 2.34. The number of rotatable bonds is 8. The average Bonchev–Trinajstić information content (AvgIpc) is 3.24. The molecule has 1 aromatic rings. The number of hydrogen-bond acceptors (Lipinski definition) is 4. The van der Waals surface area contributed by atoms with E-state index >= 15 is 0 Å². The second-order valence-electron chi connectivity index (χ2n) is 7.12. The van der Waals surface area contributed by atoms with Crippen molar-refractivity contribution in [3.8, 4) is 0 Å². The van der Waals surface area contributed by atoms with E-state index in [4.69, 9.17) is 0 Å². The summed E-state index contributed by atoms with van der Waals surface area (Å²) >= 11 is 0. The van der Waals surface area contributed by atoms with Crippen molar-refractivity contribution in [2.24, 2.45) is 18.0 Å². The lowest BCUT2D eigenvalue weighted by atomic mass is 10.0. The van der Waals surface area contributed by atoms with Gasteiger partial charge in [0, 0.05) is 37.9 Å². The van der Waals surface area contributed by atoms with Gasteiger partial charge in [0.1, 0.15) is 5.60 Å². The maximum atomic E-state index is 10.7. The van der Waals surface area contributed by atoms with E-state index in [2.05, 4.69) is 39.7 Å². The maximum absolute atomic E-state index is 10.7. The fraction of sp³-hybridized carbons (Fsp3) is 0.765. The Morgan fingerprint density at radius 1 is 1.50 bits per heavy atom. The van der Waals surface area contributed by atoms with Crippen LogP contribution in [0.3, 0.4) is 0 Å². The Bertz CT molecular complexity index is 545. The lowest BCUT2D eigenvalue weighted by molar-refractivity contribution is 0.0671. The van der Waals surface area contributed by atoms with Crippen LogP contribution in [0.2, 0.25) is 0 Å². The number of aliphatic imine (C=N–C) groups is 1. The molecule has 24 heavy (non-hydrogen) atoms. The molecule has 7 heteroatoms. The molecule has 1 aliphatic carbocycles. The summed E-state index contributed by atoms with van der Waals surface area (Å²) in [7, 11) is 6.09. The van der Waals surface area contributed by atoms with Crippen LogP contribution in [0, 0.1) is 5.92 Å². The summed E-state index contributed by atoms with van der Waals surface area (Å²) in [5, 5.41) is 21.5. The molecular formula is C17H32N6O. The first-order chi connectivity index (χ1) is 11.3. The number of aliphatic hydroxyl groups is 1. The number of guanidine groups is 1. The van der Waals surface area contributed by atoms with Crippen LogP contribution >= 0.6 is 0 Å². The Balaban J connectivity index is 1.96. The van der Waals surface area contributed by atoms with Crippen molar-refractivity contribution in [1.29, 1.82) is 0 Å². The van der Waals surface area contributed by atoms with Crippen molar-refractivity contribution in [3.63, 3.8) is 0 Å². The molecule has 1 saturated carbocycles. The molecule has 0 aliphatic heterocycles. The summed E-state index contributed by atoms with van der Waals surface area (Å²) in [5.41, 5.74) is -0.262. The molecule has 3 N–H and O–H groups in total. The third-order valence-corrected chi connectivity index (χ3v) is 4.52. The maximum Gasteiger partial charge on any atom is 0.191 e. The normalized spacial score (nSPS) is 19.2. The third-order valence-electron chi connectivity index (χ3n) is 4.52. The SMILES string of the molecule is CCNC(=NCC(C)(O)c1cnn(C)c1)NCC(C1CC1)N(C)C. The van der Waals surface area contributed by atoms with Crippen molar-refractivity contribution < 1.29 is 5.11 Å². The molecule has 0 radical (unpaired) electrons. The highest BCUT2D eigenvalue weighted by atomic mass is 16.3. The van der Waals surface area contributed by atoms with Gasteiger partial charge in [0.25, 0.3) is 0 Å². The zero-order chi connectivity index (χ0) is 17.7. The van der Waals surface area contributed by atoms with Crippen LogP contribution in [0.15, 0.2) is 17.4 Å². The predicted molar refractivity (Wildman–Crippen MR) is 97.0 cm³/mol. The van der Waals surface area contributed by atoms with Gasteiger partial charge < -0.3 is 20.6 Å². The zero-order valence-electron chi connectivity index (χ0n) is 15.6. The van der Waals surface area contributed by atoms with Crippen LogP contribution in [0.4, 0.5) is 0 Å². The van der Waals surface area contributed by atoms with Crippen LogP contribution in [0.5, 0.6) is 0 Å². The van der Waals surface area contributed by atoms with Crippen LogP contribution < -0.4 is 10.6 Å². The van der Waals surface area contributed by atoms with Gasteiger partial charge >= 0.3 is 0 Å². The van der Waals surface area contributed by atoms with Gasteiger partial charge in [-0.2, -0.15) is 5.10 Å². The van der Waals surface area contributed by atoms with Gasteiger partial charge in [-0.25, -0.2) is 4.99 Å². The first-order valence-corrected chi connectivity index (χ1v) is 8.73. The molecule has 0 aromatic carbocycles. The molecular weight excluding hydrogens is 304 g/mol. The molecule has 1 aliphatic rings.